The fourth-order valence-electron chi connectivity index (χ4n) is 11.7. The molecule has 0 spiro atoms. The first-order valence-electron chi connectivity index (χ1n) is 29.7. The molecule has 0 bridgehead atoms. The lowest BCUT2D eigenvalue weighted by molar-refractivity contribution is -0.192. The number of esters is 2. The minimum atomic E-state index is -1.72. The quantitative estimate of drug-likeness (QED) is 0.0269. The highest BCUT2D eigenvalue weighted by molar-refractivity contribution is 5.95. The maximum absolute atomic E-state index is 14.5. The molecule has 4 aromatic carbocycles. The molecule has 17 heteroatoms. The summed E-state index contributed by atoms with van der Waals surface area (Å²) < 4.78 is 34.7. The fourth-order valence-corrected chi connectivity index (χ4v) is 11.7. The van der Waals surface area contributed by atoms with Crippen molar-refractivity contribution >= 4 is 34.9 Å². The normalized spacial score (nSPS) is 16.3. The molecular formula is C66H80N10O7. The van der Waals surface area contributed by atoms with E-state index in [9.17, 15) is 9.59 Å². The summed E-state index contributed by atoms with van der Waals surface area (Å²) in [7, 11) is 2.85. The molecule has 8 aromatic rings. The molecule has 83 heavy (non-hydrogen) atoms. The average Bonchev–Trinajstić information content (AvgIpc) is 4.02. The number of piperidine rings is 2. The minimum Gasteiger partial charge on any atom is -0.388 e. The molecule has 4 aromatic heterocycles. The Balaban J connectivity index is 0.708. The van der Waals surface area contributed by atoms with E-state index >= 15 is 0 Å². The van der Waals surface area contributed by atoms with Crippen molar-refractivity contribution in [3.8, 4) is 0 Å². The molecule has 0 saturated carbocycles. The summed E-state index contributed by atoms with van der Waals surface area (Å²) >= 11 is 0. The van der Waals surface area contributed by atoms with Gasteiger partial charge in [0.15, 0.2) is 11.3 Å². The third kappa shape index (κ3) is 14.2. The Morgan fingerprint density at radius 2 is 0.867 bits per heavy atom. The summed E-state index contributed by atoms with van der Waals surface area (Å²) in [5, 5.41) is 16.5. The van der Waals surface area contributed by atoms with Gasteiger partial charge in [-0.1, -0.05) is 148 Å². The van der Waals surface area contributed by atoms with Crippen molar-refractivity contribution in [2.24, 2.45) is 0 Å². The molecule has 6 heterocycles. The Morgan fingerprint density at radius 1 is 0.518 bits per heavy atom. The van der Waals surface area contributed by atoms with E-state index < -0.39 is 23.1 Å². The van der Waals surface area contributed by atoms with Gasteiger partial charge in [-0.25, -0.2) is 28.6 Å². The van der Waals surface area contributed by atoms with Gasteiger partial charge in [0.05, 0.1) is 24.6 Å². The fraction of sp³-hybridized carbons (Fsp3) is 0.424. The molecule has 0 radical (unpaired) electrons. The number of hydrogen-bond donors (Lipinski definition) is 2. The van der Waals surface area contributed by atoms with Crippen molar-refractivity contribution in [2.45, 2.75) is 114 Å². The molecule has 436 valence electrons. The maximum Gasteiger partial charge on any atom is 0.352 e. The topological polar surface area (TPSA) is 171 Å². The number of likely N-dealkylation sites (tertiary alicyclic amines) is 2. The van der Waals surface area contributed by atoms with Crippen LogP contribution in [0.3, 0.4) is 0 Å². The number of nitrogens with one attached hydrogen (secondary N) is 2. The summed E-state index contributed by atoms with van der Waals surface area (Å²) in [5.74, 6) is -0.477. The SMILES string of the molecule is CCCC(OC)(C(=O)OC(=O)C(CCC)(OC)c1cn2nc(NCCCN3CCC(OC(c4ccccc4)c4ccccc4)CC3)ccc2n1)c1cn2nc(NCCCN3CCC(OC(c4ccccc4)c4ccccc4)CC3)ccc2n1. The molecule has 2 aliphatic rings. The third-order valence-corrected chi connectivity index (χ3v) is 16.3. The van der Waals surface area contributed by atoms with Gasteiger partial charge in [0, 0.05) is 53.5 Å². The number of carbonyl (C=O) groups excluding carboxylic acids is 2. The van der Waals surface area contributed by atoms with Crippen LogP contribution < -0.4 is 10.6 Å². The smallest absolute Gasteiger partial charge is 0.352 e. The van der Waals surface area contributed by atoms with Crippen LogP contribution in [0.15, 0.2) is 158 Å². The van der Waals surface area contributed by atoms with Gasteiger partial charge in [0.25, 0.3) is 0 Å². The number of ether oxygens (including phenoxy) is 5. The van der Waals surface area contributed by atoms with E-state index in [1.54, 1.807) is 21.4 Å². The van der Waals surface area contributed by atoms with Crippen LogP contribution in [0.25, 0.3) is 11.3 Å². The van der Waals surface area contributed by atoms with Crippen LogP contribution in [0.1, 0.15) is 124 Å². The van der Waals surface area contributed by atoms with Crippen molar-refractivity contribution in [3.63, 3.8) is 0 Å². The predicted molar refractivity (Wildman–Crippen MR) is 321 cm³/mol. The Morgan fingerprint density at radius 3 is 1.19 bits per heavy atom. The van der Waals surface area contributed by atoms with E-state index in [1.807, 2.05) is 62.4 Å². The first kappa shape index (κ1) is 58.8. The van der Waals surface area contributed by atoms with Crippen LogP contribution in [-0.2, 0) is 44.5 Å². The summed E-state index contributed by atoms with van der Waals surface area (Å²) in [6, 6.07) is 49.3. The van der Waals surface area contributed by atoms with Crippen LogP contribution in [-0.4, -0.2) is 130 Å². The van der Waals surface area contributed by atoms with E-state index in [4.69, 9.17) is 43.8 Å². The van der Waals surface area contributed by atoms with Gasteiger partial charge in [-0.3, -0.25) is 0 Å². The molecule has 2 unspecified atom stereocenters. The summed E-state index contributed by atoms with van der Waals surface area (Å²) in [4.78, 5) is 43.7. The third-order valence-electron chi connectivity index (χ3n) is 16.3. The Kier molecular flexibility index (Phi) is 20.0. The zero-order valence-electron chi connectivity index (χ0n) is 48.5. The first-order valence-corrected chi connectivity index (χ1v) is 29.7. The highest BCUT2D eigenvalue weighted by atomic mass is 16.6. The van der Waals surface area contributed by atoms with Crippen LogP contribution >= 0.6 is 0 Å². The lowest BCUT2D eigenvalue weighted by Gasteiger charge is -2.34. The van der Waals surface area contributed by atoms with E-state index in [0.29, 0.717) is 35.8 Å². The molecule has 10 rings (SSSR count). The average molecular weight is 1130 g/mol. The van der Waals surface area contributed by atoms with Gasteiger partial charge in [-0.05, 0) is 111 Å². The molecule has 2 N–H and O–H groups in total. The molecule has 0 amide bonds. The number of nitrogens with zero attached hydrogens (tertiary/aromatic N) is 8. The van der Waals surface area contributed by atoms with Crippen molar-refractivity contribution in [2.75, 3.05) is 77.2 Å². The van der Waals surface area contributed by atoms with Crippen LogP contribution in [0.2, 0.25) is 0 Å². The van der Waals surface area contributed by atoms with Crippen molar-refractivity contribution < 1.29 is 33.3 Å². The number of anilines is 2. The summed E-state index contributed by atoms with van der Waals surface area (Å²) in [5.41, 5.74) is 2.82. The molecular weight excluding hydrogens is 1040 g/mol. The maximum atomic E-state index is 14.5. The van der Waals surface area contributed by atoms with Crippen LogP contribution in [0.5, 0.6) is 0 Å². The summed E-state index contributed by atoms with van der Waals surface area (Å²) in [6.07, 6.45) is 10.7. The molecule has 17 nitrogen and oxygen atoms in total. The van der Waals surface area contributed by atoms with Crippen molar-refractivity contribution in [1.82, 2.24) is 39.0 Å². The molecule has 2 saturated heterocycles. The van der Waals surface area contributed by atoms with Gasteiger partial charge in [0.2, 0.25) is 11.2 Å². The van der Waals surface area contributed by atoms with E-state index in [2.05, 4.69) is 117 Å². The van der Waals surface area contributed by atoms with Gasteiger partial charge >= 0.3 is 11.9 Å². The number of imidazole rings is 2. The van der Waals surface area contributed by atoms with Crippen LogP contribution in [0, 0.1) is 0 Å². The zero-order chi connectivity index (χ0) is 57.4. The van der Waals surface area contributed by atoms with Gasteiger partial charge in [0.1, 0.15) is 35.2 Å². The van der Waals surface area contributed by atoms with E-state index in [1.165, 1.54) is 36.5 Å². The highest BCUT2D eigenvalue weighted by Gasteiger charge is 2.50. The lowest BCUT2D eigenvalue weighted by Crippen LogP contribution is -2.46. The van der Waals surface area contributed by atoms with Crippen LogP contribution in [0.4, 0.5) is 11.6 Å². The minimum absolute atomic E-state index is 0.0892. The number of benzene rings is 4. The highest BCUT2D eigenvalue weighted by Crippen LogP contribution is 2.37. The zero-order valence-corrected chi connectivity index (χ0v) is 48.5. The lowest BCUT2D eigenvalue weighted by atomic mass is 9.92. The van der Waals surface area contributed by atoms with Crippen molar-refractivity contribution in [1.29, 1.82) is 0 Å². The second-order valence-corrected chi connectivity index (χ2v) is 21.9. The standard InChI is InChI=1S/C66H80N10O7/c1-5-37-65(79-3,55-47-75-59(69-55)31-29-57(71-75)67-39-19-41-73-43-33-53(34-44-73)81-61(49-21-11-7-12-22-49)50-23-13-8-14-24-50)63(77)83-64(78)66(80-4,38-6-2)56-48-76-60(70-56)32-30-58(72-76)68-40-20-42-74-45-35-54(36-46-74)82-62(51-25-15-9-16-26-51)52-27-17-10-18-28-52/h7-18,21-32,47-48,53-54,61-62H,5-6,19-20,33-46H2,1-4H3,(H,67,71)(H,68,72). The van der Waals surface area contributed by atoms with Gasteiger partial charge in [-0.2, -0.15) is 0 Å². The van der Waals surface area contributed by atoms with E-state index in [-0.39, 0.29) is 48.6 Å². The van der Waals surface area contributed by atoms with Crippen molar-refractivity contribution in [3.05, 3.63) is 192 Å². The molecule has 2 aliphatic heterocycles. The predicted octanol–water partition coefficient (Wildman–Crippen LogP) is 11.0. The van der Waals surface area contributed by atoms with Gasteiger partial charge < -0.3 is 44.1 Å². The number of rotatable bonds is 28. The second-order valence-electron chi connectivity index (χ2n) is 21.9. The first-order chi connectivity index (χ1) is 40.7. The number of methoxy groups -OCH3 is 2. The molecule has 2 atom stereocenters. The Hall–Kier alpha value is -7.38. The monoisotopic (exact) mass is 1120 g/mol. The number of carbonyl (C=O) groups is 2. The number of aromatic nitrogens is 6. The second kappa shape index (κ2) is 28.3. The largest absolute Gasteiger partial charge is 0.388 e. The Bertz CT molecular complexity index is 3000. The number of hydrogen-bond acceptors (Lipinski definition) is 15. The van der Waals surface area contributed by atoms with E-state index in [0.717, 1.165) is 90.9 Å². The molecule has 2 fully saturated rings. The summed E-state index contributed by atoms with van der Waals surface area (Å²) in [6.45, 7) is 11.1. The number of fused-ring (bicyclic) bond motifs is 2. The Labute approximate surface area is 487 Å². The molecule has 0 aliphatic carbocycles. The van der Waals surface area contributed by atoms with Gasteiger partial charge in [-0.15, -0.1) is 10.2 Å².